The Balaban J connectivity index is 1.78. The van der Waals surface area contributed by atoms with E-state index in [0.29, 0.717) is 24.3 Å². The smallest absolute Gasteiger partial charge is 0.249 e. The molecular weight excluding hydrogens is 272 g/mol. The van der Waals surface area contributed by atoms with Crippen LogP contribution in [0.3, 0.4) is 0 Å². The van der Waals surface area contributed by atoms with Crippen LogP contribution in [0.15, 0.2) is 24.3 Å². The molecule has 1 aromatic carbocycles. The summed E-state index contributed by atoms with van der Waals surface area (Å²) in [4.78, 5) is 34.5. The molecule has 1 heterocycles. The summed E-state index contributed by atoms with van der Waals surface area (Å²) >= 11 is 0. The van der Waals surface area contributed by atoms with Crippen LogP contribution in [-0.4, -0.2) is 36.9 Å². The van der Waals surface area contributed by atoms with Gasteiger partial charge in [-0.3, -0.25) is 14.4 Å². The minimum absolute atomic E-state index is 0.0308. The molecule has 2 amide bonds. The van der Waals surface area contributed by atoms with E-state index >= 15 is 0 Å². The molecule has 2 rings (SSSR count). The SMILES string of the molecule is CC(=O)c1ccc(NC(=O)CNC(=O)C2CCCO2)cc1. The number of hydrogen-bond donors (Lipinski definition) is 2. The number of nitrogens with one attached hydrogen (secondary N) is 2. The minimum atomic E-state index is -0.437. The maximum atomic E-state index is 11.7. The van der Waals surface area contributed by atoms with Gasteiger partial charge in [-0.1, -0.05) is 0 Å². The molecule has 0 aliphatic carbocycles. The fourth-order valence-electron chi connectivity index (χ4n) is 2.06. The Morgan fingerprint density at radius 3 is 2.52 bits per heavy atom. The van der Waals surface area contributed by atoms with Crippen molar-refractivity contribution >= 4 is 23.3 Å². The van der Waals surface area contributed by atoms with Crippen LogP contribution in [0.25, 0.3) is 0 Å². The van der Waals surface area contributed by atoms with Crippen LogP contribution in [0, 0.1) is 0 Å². The van der Waals surface area contributed by atoms with Gasteiger partial charge in [-0.25, -0.2) is 0 Å². The molecule has 0 aromatic heterocycles. The molecule has 0 bridgehead atoms. The molecule has 2 N–H and O–H groups in total. The summed E-state index contributed by atoms with van der Waals surface area (Å²) in [6.45, 7) is 1.97. The van der Waals surface area contributed by atoms with Gasteiger partial charge >= 0.3 is 0 Å². The molecule has 6 heteroatoms. The number of Topliss-reactive ketones (excluding diaryl/α,β-unsaturated/α-hetero) is 1. The molecule has 1 fully saturated rings. The highest BCUT2D eigenvalue weighted by Crippen LogP contribution is 2.12. The molecule has 1 unspecified atom stereocenters. The van der Waals surface area contributed by atoms with Crippen molar-refractivity contribution in [3.05, 3.63) is 29.8 Å². The van der Waals surface area contributed by atoms with Gasteiger partial charge in [0.05, 0.1) is 6.54 Å². The van der Waals surface area contributed by atoms with E-state index in [4.69, 9.17) is 4.74 Å². The van der Waals surface area contributed by atoms with Crippen molar-refractivity contribution in [3.63, 3.8) is 0 Å². The second-order valence-electron chi connectivity index (χ2n) is 4.90. The van der Waals surface area contributed by atoms with Gasteiger partial charge in [0.15, 0.2) is 5.78 Å². The Morgan fingerprint density at radius 2 is 1.95 bits per heavy atom. The monoisotopic (exact) mass is 290 g/mol. The Morgan fingerprint density at radius 1 is 1.24 bits per heavy atom. The summed E-state index contributed by atoms with van der Waals surface area (Å²) in [6.07, 6.45) is 1.12. The molecular formula is C15H18N2O4. The average molecular weight is 290 g/mol. The largest absolute Gasteiger partial charge is 0.368 e. The normalized spacial score (nSPS) is 17.3. The zero-order valence-corrected chi connectivity index (χ0v) is 11.8. The molecule has 1 saturated heterocycles. The highest BCUT2D eigenvalue weighted by atomic mass is 16.5. The van der Waals surface area contributed by atoms with Crippen LogP contribution < -0.4 is 10.6 Å². The number of amides is 2. The highest BCUT2D eigenvalue weighted by molar-refractivity contribution is 5.97. The number of hydrogen-bond acceptors (Lipinski definition) is 4. The Hall–Kier alpha value is -2.21. The first-order valence-corrected chi connectivity index (χ1v) is 6.86. The second kappa shape index (κ2) is 6.99. The minimum Gasteiger partial charge on any atom is -0.368 e. The van der Waals surface area contributed by atoms with Crippen LogP contribution in [0.5, 0.6) is 0 Å². The van der Waals surface area contributed by atoms with Gasteiger partial charge < -0.3 is 15.4 Å². The van der Waals surface area contributed by atoms with Gasteiger partial charge in [0, 0.05) is 17.9 Å². The molecule has 0 saturated carbocycles. The predicted molar refractivity (Wildman–Crippen MR) is 77.1 cm³/mol. The second-order valence-corrected chi connectivity index (χ2v) is 4.90. The summed E-state index contributed by atoms with van der Waals surface area (Å²) in [7, 11) is 0. The van der Waals surface area contributed by atoms with Gasteiger partial charge in [0.1, 0.15) is 6.10 Å². The van der Waals surface area contributed by atoms with Crippen molar-refractivity contribution in [3.8, 4) is 0 Å². The molecule has 0 radical (unpaired) electrons. The Bertz CT molecular complexity index is 533. The maximum Gasteiger partial charge on any atom is 0.249 e. The topological polar surface area (TPSA) is 84.5 Å². The third-order valence-corrected chi connectivity index (χ3v) is 3.22. The Labute approximate surface area is 122 Å². The van der Waals surface area contributed by atoms with Crippen LogP contribution in [0.4, 0.5) is 5.69 Å². The summed E-state index contributed by atoms with van der Waals surface area (Å²) in [5, 5.41) is 5.19. The standard InChI is InChI=1S/C15H18N2O4/c1-10(18)11-4-6-12(7-5-11)17-14(19)9-16-15(20)13-3-2-8-21-13/h4-7,13H,2-3,8-9H2,1H3,(H,16,20)(H,17,19). The van der Waals surface area contributed by atoms with E-state index < -0.39 is 6.10 Å². The first-order chi connectivity index (χ1) is 10.1. The van der Waals surface area contributed by atoms with E-state index in [9.17, 15) is 14.4 Å². The molecule has 21 heavy (non-hydrogen) atoms. The predicted octanol–water partition coefficient (Wildman–Crippen LogP) is 1.12. The highest BCUT2D eigenvalue weighted by Gasteiger charge is 2.23. The number of benzene rings is 1. The fourth-order valence-corrected chi connectivity index (χ4v) is 2.06. The number of ether oxygens (including phenoxy) is 1. The van der Waals surface area contributed by atoms with E-state index in [1.165, 1.54) is 6.92 Å². The number of carbonyl (C=O) groups is 3. The summed E-state index contributed by atoms with van der Waals surface area (Å²) < 4.78 is 5.23. The molecule has 0 spiro atoms. The van der Waals surface area contributed by atoms with Gasteiger partial charge in [-0.15, -0.1) is 0 Å². The number of rotatable bonds is 5. The number of ketones is 1. The van der Waals surface area contributed by atoms with E-state index in [1.807, 2.05) is 0 Å². The zero-order valence-electron chi connectivity index (χ0n) is 11.8. The molecule has 1 aliphatic heterocycles. The summed E-state index contributed by atoms with van der Waals surface area (Å²) in [5.74, 6) is -0.608. The van der Waals surface area contributed by atoms with Crippen LogP contribution in [0.1, 0.15) is 30.1 Å². The Kier molecular flexibility index (Phi) is 5.05. The van der Waals surface area contributed by atoms with Crippen molar-refractivity contribution in [2.75, 3.05) is 18.5 Å². The van der Waals surface area contributed by atoms with E-state index in [1.54, 1.807) is 24.3 Å². The third kappa shape index (κ3) is 4.39. The lowest BCUT2D eigenvalue weighted by molar-refractivity contribution is -0.131. The molecule has 1 atom stereocenters. The van der Waals surface area contributed by atoms with E-state index in [-0.39, 0.29) is 24.1 Å². The molecule has 1 aliphatic rings. The van der Waals surface area contributed by atoms with Crippen molar-refractivity contribution in [2.24, 2.45) is 0 Å². The van der Waals surface area contributed by atoms with Crippen molar-refractivity contribution in [2.45, 2.75) is 25.9 Å². The van der Waals surface area contributed by atoms with Crippen molar-refractivity contribution in [1.82, 2.24) is 5.32 Å². The molecule has 6 nitrogen and oxygen atoms in total. The number of anilines is 1. The van der Waals surface area contributed by atoms with Crippen LogP contribution >= 0.6 is 0 Å². The third-order valence-electron chi connectivity index (χ3n) is 3.22. The molecule has 112 valence electrons. The van der Waals surface area contributed by atoms with Gasteiger partial charge in [0.2, 0.25) is 11.8 Å². The first kappa shape index (κ1) is 15.2. The van der Waals surface area contributed by atoms with Crippen LogP contribution in [-0.2, 0) is 14.3 Å². The van der Waals surface area contributed by atoms with Gasteiger partial charge in [0.25, 0.3) is 0 Å². The maximum absolute atomic E-state index is 11.7. The van der Waals surface area contributed by atoms with Gasteiger partial charge in [-0.05, 0) is 44.0 Å². The number of carbonyl (C=O) groups excluding carboxylic acids is 3. The van der Waals surface area contributed by atoms with Crippen molar-refractivity contribution < 1.29 is 19.1 Å². The van der Waals surface area contributed by atoms with E-state index in [0.717, 1.165) is 6.42 Å². The lowest BCUT2D eigenvalue weighted by Gasteiger charge is -2.10. The van der Waals surface area contributed by atoms with Gasteiger partial charge in [-0.2, -0.15) is 0 Å². The molecule has 1 aromatic rings. The zero-order chi connectivity index (χ0) is 15.2. The average Bonchev–Trinajstić information content (AvgIpc) is 2.99. The summed E-state index contributed by atoms with van der Waals surface area (Å²) in [6, 6.07) is 6.58. The fraction of sp³-hybridized carbons (Fsp3) is 0.400. The quantitative estimate of drug-likeness (QED) is 0.796. The summed E-state index contributed by atoms with van der Waals surface area (Å²) in [5.41, 5.74) is 1.16. The van der Waals surface area contributed by atoms with Crippen LogP contribution in [0.2, 0.25) is 0 Å². The van der Waals surface area contributed by atoms with Crippen molar-refractivity contribution in [1.29, 1.82) is 0 Å². The first-order valence-electron chi connectivity index (χ1n) is 6.86. The van der Waals surface area contributed by atoms with E-state index in [2.05, 4.69) is 10.6 Å². The lowest BCUT2D eigenvalue weighted by Crippen LogP contribution is -2.39. The lowest BCUT2D eigenvalue weighted by atomic mass is 10.1.